The van der Waals surface area contributed by atoms with E-state index in [1.54, 1.807) is 0 Å². The fraction of sp³-hybridized carbons (Fsp3) is 0.909. The molecular formula is C11H19NO. The minimum absolute atomic E-state index is 0.357. The maximum atomic E-state index is 11.9. The van der Waals surface area contributed by atoms with Crippen molar-refractivity contribution in [2.75, 3.05) is 13.1 Å². The Balaban J connectivity index is 1.87. The first kappa shape index (κ1) is 9.20. The van der Waals surface area contributed by atoms with Crippen LogP contribution in [0.15, 0.2) is 0 Å². The van der Waals surface area contributed by atoms with Crippen LogP contribution in [-0.4, -0.2) is 18.9 Å². The summed E-state index contributed by atoms with van der Waals surface area (Å²) in [6.07, 6.45) is 4.89. The van der Waals surface area contributed by atoms with Crippen molar-refractivity contribution >= 4 is 5.78 Å². The normalized spacial score (nSPS) is 35.5. The molecule has 2 aliphatic rings. The molecule has 1 saturated carbocycles. The quantitative estimate of drug-likeness (QED) is 0.701. The van der Waals surface area contributed by atoms with Crippen molar-refractivity contribution in [3.63, 3.8) is 0 Å². The number of Topliss-reactive ketones (excluding diaryl/α,β-unsaturated/α-hetero) is 1. The molecule has 2 nitrogen and oxygen atoms in total. The summed E-state index contributed by atoms with van der Waals surface area (Å²) in [6.45, 7) is 4.14. The second-order valence-corrected chi connectivity index (χ2v) is 4.73. The lowest BCUT2D eigenvalue weighted by molar-refractivity contribution is -0.129. The molecule has 13 heavy (non-hydrogen) atoms. The number of ketones is 1. The third-order valence-electron chi connectivity index (χ3n) is 3.52. The summed E-state index contributed by atoms with van der Waals surface area (Å²) < 4.78 is 0. The van der Waals surface area contributed by atoms with Crippen LogP contribution in [0.5, 0.6) is 0 Å². The van der Waals surface area contributed by atoms with E-state index in [4.69, 9.17) is 0 Å². The van der Waals surface area contributed by atoms with Crippen LogP contribution >= 0.6 is 0 Å². The molecule has 1 heterocycles. The van der Waals surface area contributed by atoms with Gasteiger partial charge in [-0.25, -0.2) is 0 Å². The molecule has 2 heteroatoms. The molecule has 74 valence electrons. The predicted octanol–water partition coefficient (Wildman–Crippen LogP) is 1.60. The van der Waals surface area contributed by atoms with Gasteiger partial charge < -0.3 is 5.32 Å². The van der Waals surface area contributed by atoms with Crippen molar-refractivity contribution in [3.05, 3.63) is 0 Å². The highest BCUT2D eigenvalue weighted by molar-refractivity contribution is 5.84. The molecule has 1 saturated heterocycles. The Morgan fingerprint density at radius 1 is 1.23 bits per heavy atom. The van der Waals surface area contributed by atoms with E-state index in [0.29, 0.717) is 17.6 Å². The van der Waals surface area contributed by atoms with Gasteiger partial charge in [0.05, 0.1) is 0 Å². The van der Waals surface area contributed by atoms with E-state index in [9.17, 15) is 4.79 Å². The molecule has 0 aromatic heterocycles. The maximum absolute atomic E-state index is 11.9. The first-order valence-electron chi connectivity index (χ1n) is 5.52. The Bertz CT molecular complexity index is 198. The van der Waals surface area contributed by atoms with Gasteiger partial charge in [-0.05, 0) is 18.8 Å². The van der Waals surface area contributed by atoms with E-state index in [1.807, 2.05) is 0 Å². The lowest BCUT2D eigenvalue weighted by atomic mass is 9.76. The molecule has 1 aliphatic carbocycles. The average molecular weight is 181 g/mol. The van der Waals surface area contributed by atoms with E-state index in [-0.39, 0.29) is 0 Å². The Morgan fingerprint density at radius 2 is 2.00 bits per heavy atom. The van der Waals surface area contributed by atoms with Gasteiger partial charge in [-0.1, -0.05) is 19.8 Å². The lowest BCUT2D eigenvalue weighted by Gasteiger charge is -2.32. The third kappa shape index (κ3) is 1.93. The summed E-state index contributed by atoms with van der Waals surface area (Å²) in [5.41, 5.74) is 0. The number of hydrogen-bond donors (Lipinski definition) is 1. The molecule has 0 amide bonds. The molecule has 0 radical (unpaired) electrons. The molecule has 2 fully saturated rings. The Morgan fingerprint density at radius 3 is 2.54 bits per heavy atom. The van der Waals surface area contributed by atoms with Gasteiger partial charge in [-0.2, -0.15) is 0 Å². The maximum Gasteiger partial charge on any atom is 0.141 e. The highest BCUT2D eigenvalue weighted by Gasteiger charge is 2.32. The highest BCUT2D eigenvalue weighted by Crippen LogP contribution is 2.31. The molecule has 0 bridgehead atoms. The zero-order chi connectivity index (χ0) is 9.26. The van der Waals surface area contributed by atoms with Crippen molar-refractivity contribution in [3.8, 4) is 0 Å². The van der Waals surface area contributed by atoms with Gasteiger partial charge in [0.2, 0.25) is 0 Å². The van der Waals surface area contributed by atoms with Crippen LogP contribution in [0.1, 0.15) is 32.6 Å². The van der Waals surface area contributed by atoms with Crippen LogP contribution in [0.2, 0.25) is 0 Å². The Kier molecular flexibility index (Phi) is 2.68. The van der Waals surface area contributed by atoms with E-state index in [0.717, 1.165) is 31.8 Å². The predicted molar refractivity (Wildman–Crippen MR) is 52.5 cm³/mol. The molecule has 2 atom stereocenters. The van der Waals surface area contributed by atoms with Crippen LogP contribution in [0.25, 0.3) is 0 Å². The van der Waals surface area contributed by atoms with Gasteiger partial charge in [0.1, 0.15) is 5.78 Å². The first-order chi connectivity index (χ1) is 6.27. The molecule has 1 aliphatic heterocycles. The zero-order valence-corrected chi connectivity index (χ0v) is 8.38. The van der Waals surface area contributed by atoms with E-state index < -0.39 is 0 Å². The van der Waals surface area contributed by atoms with Crippen LogP contribution in [0, 0.1) is 17.8 Å². The van der Waals surface area contributed by atoms with Crippen molar-refractivity contribution in [1.29, 1.82) is 0 Å². The minimum atomic E-state index is 0.357. The first-order valence-corrected chi connectivity index (χ1v) is 5.52. The van der Waals surface area contributed by atoms with Gasteiger partial charge in [-0.15, -0.1) is 0 Å². The second-order valence-electron chi connectivity index (χ2n) is 4.73. The van der Waals surface area contributed by atoms with Crippen LogP contribution < -0.4 is 5.32 Å². The number of nitrogens with one attached hydrogen (secondary N) is 1. The molecule has 0 aromatic rings. The number of rotatable bonds is 2. The molecule has 2 rings (SSSR count). The Hall–Kier alpha value is -0.370. The van der Waals surface area contributed by atoms with Gasteiger partial charge in [-0.3, -0.25) is 4.79 Å². The topological polar surface area (TPSA) is 29.1 Å². The average Bonchev–Trinajstić information content (AvgIpc) is 2.01. The molecule has 2 unspecified atom stereocenters. The van der Waals surface area contributed by atoms with Gasteiger partial charge in [0.15, 0.2) is 0 Å². The van der Waals surface area contributed by atoms with Crippen molar-refractivity contribution in [2.45, 2.75) is 32.6 Å². The number of carbonyl (C=O) groups is 1. The molecule has 0 aromatic carbocycles. The zero-order valence-electron chi connectivity index (χ0n) is 8.38. The van der Waals surface area contributed by atoms with E-state index in [2.05, 4.69) is 12.2 Å². The molecular weight excluding hydrogens is 162 g/mol. The van der Waals surface area contributed by atoms with Crippen LogP contribution in [0.4, 0.5) is 0 Å². The summed E-state index contributed by atoms with van der Waals surface area (Å²) in [6, 6.07) is 0. The van der Waals surface area contributed by atoms with Crippen molar-refractivity contribution in [1.82, 2.24) is 5.32 Å². The SMILES string of the molecule is CC1CCCC(C(=O)C2CNC2)C1. The smallest absolute Gasteiger partial charge is 0.141 e. The summed E-state index contributed by atoms with van der Waals surface area (Å²) in [4.78, 5) is 11.9. The van der Waals surface area contributed by atoms with Gasteiger partial charge >= 0.3 is 0 Å². The number of hydrogen-bond acceptors (Lipinski definition) is 2. The van der Waals surface area contributed by atoms with E-state index in [1.165, 1.54) is 12.8 Å². The minimum Gasteiger partial charge on any atom is -0.315 e. The summed E-state index contributed by atoms with van der Waals surface area (Å²) in [5, 5.41) is 3.17. The van der Waals surface area contributed by atoms with Crippen molar-refractivity contribution in [2.24, 2.45) is 17.8 Å². The number of carbonyl (C=O) groups excluding carboxylic acids is 1. The molecule has 0 spiro atoms. The van der Waals surface area contributed by atoms with Gasteiger partial charge in [0.25, 0.3) is 0 Å². The third-order valence-corrected chi connectivity index (χ3v) is 3.52. The van der Waals surface area contributed by atoms with Crippen LogP contribution in [-0.2, 0) is 4.79 Å². The largest absolute Gasteiger partial charge is 0.315 e. The Labute approximate surface area is 80.1 Å². The lowest BCUT2D eigenvalue weighted by Crippen LogP contribution is -2.48. The summed E-state index contributed by atoms with van der Waals surface area (Å²) in [7, 11) is 0. The van der Waals surface area contributed by atoms with Crippen molar-refractivity contribution < 1.29 is 4.79 Å². The van der Waals surface area contributed by atoms with Crippen LogP contribution in [0.3, 0.4) is 0 Å². The van der Waals surface area contributed by atoms with E-state index >= 15 is 0 Å². The summed E-state index contributed by atoms with van der Waals surface area (Å²) >= 11 is 0. The monoisotopic (exact) mass is 181 g/mol. The standard InChI is InChI=1S/C11H19NO/c1-8-3-2-4-9(5-8)11(13)10-6-12-7-10/h8-10,12H,2-7H2,1H3. The fourth-order valence-corrected chi connectivity index (χ4v) is 2.52. The second kappa shape index (κ2) is 3.79. The van der Waals surface area contributed by atoms with Gasteiger partial charge in [0, 0.05) is 24.9 Å². The fourth-order valence-electron chi connectivity index (χ4n) is 2.52. The summed E-state index contributed by atoms with van der Waals surface area (Å²) in [5.74, 6) is 2.08. The highest BCUT2D eigenvalue weighted by atomic mass is 16.1. The molecule has 1 N–H and O–H groups in total.